The summed E-state index contributed by atoms with van der Waals surface area (Å²) in [5, 5.41) is 18.2. The first-order chi connectivity index (χ1) is 12.2. The molecule has 3 aromatic rings. The molecule has 2 aromatic heterocycles. The van der Waals surface area contributed by atoms with Crippen LogP contribution in [0.3, 0.4) is 0 Å². The van der Waals surface area contributed by atoms with Gasteiger partial charge in [-0.15, -0.1) is 0 Å². The molecule has 0 aliphatic heterocycles. The summed E-state index contributed by atoms with van der Waals surface area (Å²) >= 11 is 0. The minimum Gasteiger partial charge on any atom is -0.376 e. The van der Waals surface area contributed by atoms with Gasteiger partial charge in [0, 0.05) is 11.9 Å². The minimum atomic E-state index is -0.220. The summed E-state index contributed by atoms with van der Waals surface area (Å²) in [7, 11) is 0. The lowest BCUT2D eigenvalue weighted by atomic mass is 10.2. The number of carbonyl (C=O) groups is 1. The third-order valence-electron chi connectivity index (χ3n) is 3.27. The lowest BCUT2D eigenvalue weighted by Crippen LogP contribution is -2.29. The van der Waals surface area contributed by atoms with Crippen LogP contribution in [-0.2, 0) is 11.3 Å². The highest BCUT2D eigenvalue weighted by molar-refractivity contribution is 5.80. The van der Waals surface area contributed by atoms with E-state index >= 15 is 0 Å². The van der Waals surface area contributed by atoms with Crippen LogP contribution in [0, 0.1) is 11.3 Å². The van der Waals surface area contributed by atoms with Gasteiger partial charge in [-0.05, 0) is 36.4 Å². The van der Waals surface area contributed by atoms with Crippen molar-refractivity contribution in [2.24, 2.45) is 0 Å². The Balaban J connectivity index is 1.47. The van der Waals surface area contributed by atoms with E-state index < -0.39 is 0 Å². The van der Waals surface area contributed by atoms with Gasteiger partial charge in [-0.25, -0.2) is 0 Å². The molecule has 0 fully saturated rings. The second-order valence-corrected chi connectivity index (χ2v) is 5.05. The van der Waals surface area contributed by atoms with Crippen LogP contribution in [0.4, 0.5) is 5.69 Å². The van der Waals surface area contributed by atoms with Crippen LogP contribution in [0.25, 0.3) is 11.5 Å². The topological polar surface area (TPSA) is 117 Å². The van der Waals surface area contributed by atoms with Crippen molar-refractivity contribution in [3.05, 3.63) is 60.1 Å². The predicted octanol–water partition coefficient (Wildman–Crippen LogP) is 1.73. The summed E-state index contributed by atoms with van der Waals surface area (Å²) in [6.45, 7) is 0.223. The van der Waals surface area contributed by atoms with Gasteiger partial charge in [0.2, 0.25) is 17.6 Å². The molecule has 0 radical (unpaired) electrons. The quantitative estimate of drug-likeness (QED) is 0.705. The van der Waals surface area contributed by atoms with Gasteiger partial charge in [-0.3, -0.25) is 9.78 Å². The molecule has 3 rings (SSSR count). The predicted molar refractivity (Wildman–Crippen MR) is 89.0 cm³/mol. The van der Waals surface area contributed by atoms with Crippen LogP contribution in [0.15, 0.2) is 53.2 Å². The summed E-state index contributed by atoms with van der Waals surface area (Å²) in [5.74, 6) is 0.454. The number of hydrogen-bond acceptors (Lipinski definition) is 7. The highest BCUT2D eigenvalue weighted by Crippen LogP contribution is 2.11. The molecule has 0 aliphatic rings. The van der Waals surface area contributed by atoms with Gasteiger partial charge in [-0.2, -0.15) is 10.2 Å². The Bertz CT molecular complexity index is 884. The zero-order valence-electron chi connectivity index (χ0n) is 13.1. The lowest BCUT2D eigenvalue weighted by molar-refractivity contribution is -0.119. The first-order valence-corrected chi connectivity index (χ1v) is 7.49. The number of amides is 1. The van der Waals surface area contributed by atoms with E-state index in [-0.39, 0.29) is 19.0 Å². The number of rotatable bonds is 6. The standard InChI is InChI=1S/C17H14N6O2/c18-9-12-4-6-13(7-5-12)20-10-15(24)21-11-16-22-17(23-25-16)14-3-1-2-8-19-14/h1-8,20H,10-11H2,(H,21,24). The molecule has 0 bridgehead atoms. The molecule has 0 atom stereocenters. The Morgan fingerprint density at radius 2 is 2.04 bits per heavy atom. The molecule has 8 nitrogen and oxygen atoms in total. The first-order valence-electron chi connectivity index (χ1n) is 7.49. The van der Waals surface area contributed by atoms with Crippen LogP contribution < -0.4 is 10.6 Å². The number of carbonyl (C=O) groups excluding carboxylic acids is 1. The van der Waals surface area contributed by atoms with Gasteiger partial charge < -0.3 is 15.2 Å². The van der Waals surface area contributed by atoms with Crippen molar-refractivity contribution in [1.82, 2.24) is 20.4 Å². The molecule has 0 saturated carbocycles. The van der Waals surface area contributed by atoms with Crippen molar-refractivity contribution < 1.29 is 9.32 Å². The van der Waals surface area contributed by atoms with Gasteiger partial charge in [0.25, 0.3) is 0 Å². The van der Waals surface area contributed by atoms with Crippen molar-refractivity contribution in [2.45, 2.75) is 6.54 Å². The average molecular weight is 334 g/mol. The SMILES string of the molecule is N#Cc1ccc(NCC(=O)NCc2nc(-c3ccccn3)no2)cc1. The number of pyridine rings is 1. The molecular weight excluding hydrogens is 320 g/mol. The molecule has 1 aromatic carbocycles. The molecule has 8 heteroatoms. The molecule has 0 saturated heterocycles. The molecule has 2 heterocycles. The molecule has 0 aliphatic carbocycles. The van der Waals surface area contributed by atoms with E-state index in [1.165, 1.54) is 0 Å². The lowest BCUT2D eigenvalue weighted by Gasteiger charge is -2.06. The highest BCUT2D eigenvalue weighted by Gasteiger charge is 2.10. The Kier molecular flexibility index (Phi) is 4.97. The number of aromatic nitrogens is 3. The van der Waals surface area contributed by atoms with E-state index in [0.717, 1.165) is 5.69 Å². The number of nitrogens with one attached hydrogen (secondary N) is 2. The molecule has 0 unspecified atom stereocenters. The molecule has 124 valence electrons. The molecule has 0 spiro atoms. The third kappa shape index (κ3) is 4.39. The zero-order chi connectivity index (χ0) is 17.5. The maximum absolute atomic E-state index is 11.9. The van der Waals surface area contributed by atoms with E-state index in [9.17, 15) is 4.79 Å². The van der Waals surface area contributed by atoms with Crippen LogP contribution >= 0.6 is 0 Å². The Morgan fingerprint density at radius 1 is 1.20 bits per heavy atom. The van der Waals surface area contributed by atoms with E-state index in [1.54, 1.807) is 42.6 Å². The van der Waals surface area contributed by atoms with Gasteiger partial charge in [0.05, 0.1) is 24.7 Å². The smallest absolute Gasteiger partial charge is 0.246 e. The Morgan fingerprint density at radius 3 is 2.76 bits per heavy atom. The normalized spacial score (nSPS) is 10.0. The summed E-state index contributed by atoms with van der Waals surface area (Å²) in [6.07, 6.45) is 1.64. The Hall–Kier alpha value is -3.73. The summed E-state index contributed by atoms with van der Waals surface area (Å²) in [4.78, 5) is 20.2. The Labute approximate surface area is 143 Å². The molecule has 25 heavy (non-hydrogen) atoms. The number of anilines is 1. The average Bonchev–Trinajstić information content (AvgIpc) is 3.15. The van der Waals surface area contributed by atoms with Gasteiger partial charge >= 0.3 is 0 Å². The minimum absolute atomic E-state index is 0.0904. The van der Waals surface area contributed by atoms with Crippen molar-refractivity contribution in [1.29, 1.82) is 5.26 Å². The van der Waals surface area contributed by atoms with Gasteiger partial charge in [0.1, 0.15) is 5.69 Å². The number of benzene rings is 1. The molecule has 1 amide bonds. The van der Waals surface area contributed by atoms with Crippen molar-refractivity contribution in [3.63, 3.8) is 0 Å². The van der Waals surface area contributed by atoms with E-state index in [4.69, 9.17) is 9.78 Å². The maximum Gasteiger partial charge on any atom is 0.246 e. The van der Waals surface area contributed by atoms with Crippen LogP contribution in [-0.4, -0.2) is 27.6 Å². The summed E-state index contributed by atoms with van der Waals surface area (Å²) < 4.78 is 5.09. The summed E-state index contributed by atoms with van der Waals surface area (Å²) in [5.41, 5.74) is 1.92. The monoisotopic (exact) mass is 334 g/mol. The molecular formula is C17H14N6O2. The van der Waals surface area contributed by atoms with Crippen LogP contribution in [0.2, 0.25) is 0 Å². The fourth-order valence-corrected chi connectivity index (χ4v) is 2.01. The maximum atomic E-state index is 11.9. The van der Waals surface area contributed by atoms with E-state index in [0.29, 0.717) is 23.0 Å². The largest absolute Gasteiger partial charge is 0.376 e. The zero-order valence-corrected chi connectivity index (χ0v) is 13.1. The third-order valence-corrected chi connectivity index (χ3v) is 3.27. The van der Waals surface area contributed by atoms with Crippen molar-refractivity contribution >= 4 is 11.6 Å². The second kappa shape index (κ2) is 7.70. The number of nitriles is 1. The fraction of sp³-hybridized carbons (Fsp3) is 0.118. The highest BCUT2D eigenvalue weighted by atomic mass is 16.5. The van der Waals surface area contributed by atoms with E-state index in [1.807, 2.05) is 12.1 Å². The van der Waals surface area contributed by atoms with Crippen LogP contribution in [0.1, 0.15) is 11.5 Å². The van der Waals surface area contributed by atoms with Crippen LogP contribution in [0.5, 0.6) is 0 Å². The van der Waals surface area contributed by atoms with Crippen molar-refractivity contribution in [3.8, 4) is 17.6 Å². The second-order valence-electron chi connectivity index (χ2n) is 5.05. The van der Waals surface area contributed by atoms with Crippen molar-refractivity contribution in [2.75, 3.05) is 11.9 Å². The first kappa shape index (κ1) is 16.1. The molecule has 2 N–H and O–H groups in total. The van der Waals surface area contributed by atoms with Gasteiger partial charge in [-0.1, -0.05) is 11.2 Å². The fourth-order valence-electron chi connectivity index (χ4n) is 2.01. The van der Waals surface area contributed by atoms with Gasteiger partial charge in [0.15, 0.2) is 0 Å². The number of hydrogen-bond donors (Lipinski definition) is 2. The summed E-state index contributed by atoms with van der Waals surface area (Å²) in [6, 6.07) is 14.3. The number of nitrogens with zero attached hydrogens (tertiary/aromatic N) is 4. The van der Waals surface area contributed by atoms with E-state index in [2.05, 4.69) is 25.8 Å².